The van der Waals surface area contributed by atoms with Gasteiger partial charge in [-0.25, -0.2) is 0 Å². The molecule has 214 valence electrons. The highest BCUT2D eigenvalue weighted by Crippen LogP contribution is 2.48. The number of hydrogen-bond donors (Lipinski definition) is 0. The minimum absolute atomic E-state index is 0.391. The Labute approximate surface area is 272 Å². The Kier molecular flexibility index (Phi) is 18.1. The van der Waals surface area contributed by atoms with Gasteiger partial charge in [0.2, 0.25) is 0 Å². The minimum atomic E-state index is 0.391. The Morgan fingerprint density at radius 3 is 1.79 bits per heavy atom. The lowest BCUT2D eigenvalue weighted by molar-refractivity contribution is 1.03. The van der Waals surface area contributed by atoms with Crippen molar-refractivity contribution < 1.29 is 0 Å². The third-order valence-corrected chi connectivity index (χ3v) is 18.0. The standard InChI is InChI=1S/C31H42S8/c1-4-26-10-6-8-12-28(26)22-34-16-14-32-18-20-36-30-24-39-31(3,25-37-30)38-21-19-33-15-17-35-23-29-13-9-7-11-27(29)5-2/h4-13,30H,1-2,14-25H2,3H3. The first-order valence-corrected chi connectivity index (χ1v) is 22.0. The minimum Gasteiger partial charge on any atom is -0.160 e. The largest absolute Gasteiger partial charge is 0.160 e. The van der Waals surface area contributed by atoms with Crippen LogP contribution >= 0.6 is 94.1 Å². The summed E-state index contributed by atoms with van der Waals surface area (Å²) in [6, 6.07) is 17.2. The third kappa shape index (κ3) is 13.7. The average molecular weight is 671 g/mol. The molecule has 0 aliphatic carbocycles. The van der Waals surface area contributed by atoms with Crippen LogP contribution in [-0.4, -0.2) is 66.2 Å². The molecule has 1 saturated heterocycles. The summed E-state index contributed by atoms with van der Waals surface area (Å²) >= 11 is 17.1. The highest BCUT2D eigenvalue weighted by atomic mass is 32.2. The monoisotopic (exact) mass is 670 g/mol. The summed E-state index contributed by atoms with van der Waals surface area (Å²) in [5, 5.41) is 0. The lowest BCUT2D eigenvalue weighted by Crippen LogP contribution is -2.28. The fourth-order valence-electron chi connectivity index (χ4n) is 3.85. The van der Waals surface area contributed by atoms with Gasteiger partial charge in [0.05, 0.1) is 8.66 Å². The summed E-state index contributed by atoms with van der Waals surface area (Å²) < 4.78 is 1.16. The first kappa shape index (κ1) is 34.2. The van der Waals surface area contributed by atoms with Gasteiger partial charge in [-0.1, -0.05) is 73.8 Å². The molecule has 2 aromatic rings. The van der Waals surface area contributed by atoms with Gasteiger partial charge >= 0.3 is 0 Å². The lowest BCUT2D eigenvalue weighted by atomic mass is 10.1. The number of hydrogen-bond acceptors (Lipinski definition) is 8. The van der Waals surface area contributed by atoms with E-state index in [2.05, 4.69) is 139 Å². The topological polar surface area (TPSA) is 0 Å². The fraction of sp³-hybridized carbons (Fsp3) is 0.484. The van der Waals surface area contributed by atoms with E-state index < -0.39 is 0 Å². The van der Waals surface area contributed by atoms with Gasteiger partial charge in [0.1, 0.15) is 0 Å². The van der Waals surface area contributed by atoms with Crippen LogP contribution in [0.25, 0.3) is 12.2 Å². The number of thioether (sulfide) groups is 8. The zero-order valence-electron chi connectivity index (χ0n) is 23.0. The second-order valence-electron chi connectivity index (χ2n) is 9.04. The average Bonchev–Trinajstić information content (AvgIpc) is 2.97. The maximum Gasteiger partial charge on any atom is 0.0674 e. The molecule has 2 aromatic carbocycles. The molecular weight excluding hydrogens is 629 g/mol. The van der Waals surface area contributed by atoms with Crippen LogP contribution in [-0.2, 0) is 11.5 Å². The zero-order valence-corrected chi connectivity index (χ0v) is 29.5. The van der Waals surface area contributed by atoms with E-state index in [4.69, 9.17) is 0 Å². The van der Waals surface area contributed by atoms with E-state index >= 15 is 0 Å². The van der Waals surface area contributed by atoms with Crippen LogP contribution in [0.4, 0.5) is 0 Å². The second-order valence-corrected chi connectivity index (χ2v) is 19.9. The van der Waals surface area contributed by atoms with Crippen LogP contribution in [0.5, 0.6) is 0 Å². The van der Waals surface area contributed by atoms with Crippen molar-refractivity contribution in [1.82, 2.24) is 0 Å². The van der Waals surface area contributed by atoms with Crippen molar-refractivity contribution in [2.45, 2.75) is 27.1 Å². The number of benzene rings is 2. The molecule has 3 rings (SSSR count). The maximum atomic E-state index is 3.93. The van der Waals surface area contributed by atoms with E-state index in [1.165, 1.54) is 79.8 Å². The van der Waals surface area contributed by atoms with Crippen molar-refractivity contribution in [3.05, 3.63) is 83.9 Å². The van der Waals surface area contributed by atoms with Crippen LogP contribution in [0.2, 0.25) is 0 Å². The van der Waals surface area contributed by atoms with Crippen molar-refractivity contribution in [3.8, 4) is 0 Å². The number of rotatable bonds is 20. The summed E-state index contributed by atoms with van der Waals surface area (Å²) in [6.07, 6.45) is 3.94. The smallest absolute Gasteiger partial charge is 0.0674 e. The molecule has 8 heteroatoms. The molecule has 1 aliphatic rings. The van der Waals surface area contributed by atoms with Gasteiger partial charge in [0, 0.05) is 69.0 Å². The Balaban J connectivity index is 1.13. The van der Waals surface area contributed by atoms with Crippen molar-refractivity contribution in [2.24, 2.45) is 0 Å². The summed E-state index contributed by atoms with van der Waals surface area (Å²) in [5.41, 5.74) is 5.36. The molecule has 0 nitrogen and oxygen atoms in total. The van der Waals surface area contributed by atoms with Crippen molar-refractivity contribution >= 4 is 106 Å². The Morgan fingerprint density at radius 2 is 1.26 bits per heavy atom. The summed E-state index contributed by atoms with van der Waals surface area (Å²) in [5.74, 6) is 14.8. The lowest BCUT2D eigenvalue weighted by Gasteiger charge is -2.35. The molecule has 0 N–H and O–H groups in total. The van der Waals surface area contributed by atoms with Gasteiger partial charge in [-0.2, -0.15) is 47.0 Å². The first-order valence-electron chi connectivity index (χ1n) is 13.4. The molecular formula is C31H42S8. The molecule has 0 saturated carbocycles. The zero-order chi connectivity index (χ0) is 27.6. The van der Waals surface area contributed by atoms with Gasteiger partial charge in [0.15, 0.2) is 0 Å². The Morgan fingerprint density at radius 1 is 0.744 bits per heavy atom. The van der Waals surface area contributed by atoms with Crippen LogP contribution in [0.3, 0.4) is 0 Å². The van der Waals surface area contributed by atoms with E-state index in [1.54, 1.807) is 0 Å². The predicted octanol–water partition coefficient (Wildman–Crippen LogP) is 10.6. The van der Waals surface area contributed by atoms with Gasteiger partial charge in [-0.3, -0.25) is 0 Å². The van der Waals surface area contributed by atoms with Crippen molar-refractivity contribution in [1.29, 1.82) is 0 Å². The third-order valence-electron chi connectivity index (χ3n) is 6.03. The first-order chi connectivity index (χ1) is 19.1. The molecule has 1 fully saturated rings. The van der Waals surface area contributed by atoms with Crippen LogP contribution in [0.15, 0.2) is 61.7 Å². The molecule has 1 aliphatic heterocycles. The SMILES string of the molecule is C=Cc1ccccc1CSCCSCCSC1CSC(C)(SCCSCCSCc2ccccc2C=C)CS1. The molecule has 0 bridgehead atoms. The summed E-state index contributed by atoms with van der Waals surface area (Å²) in [6.45, 7) is 10.3. The van der Waals surface area contributed by atoms with Crippen LogP contribution in [0, 0.1) is 0 Å². The Bertz CT molecular complexity index is 971. The fourth-order valence-corrected chi connectivity index (χ4v) is 14.6. The molecule has 0 aromatic heterocycles. The van der Waals surface area contributed by atoms with Gasteiger partial charge in [0.25, 0.3) is 0 Å². The maximum absolute atomic E-state index is 3.93. The highest BCUT2D eigenvalue weighted by Gasteiger charge is 2.32. The van der Waals surface area contributed by atoms with Crippen molar-refractivity contribution in [2.75, 3.05) is 57.5 Å². The highest BCUT2D eigenvalue weighted by molar-refractivity contribution is 8.24. The molecule has 0 amide bonds. The normalized spacial score (nSPS) is 19.2. The van der Waals surface area contributed by atoms with Crippen LogP contribution < -0.4 is 0 Å². The quantitative estimate of drug-likeness (QED) is 0.126. The van der Waals surface area contributed by atoms with E-state index in [1.807, 2.05) is 35.7 Å². The van der Waals surface area contributed by atoms with Gasteiger partial charge in [-0.15, -0.1) is 47.0 Å². The molecule has 0 radical (unpaired) electrons. The van der Waals surface area contributed by atoms with E-state index in [9.17, 15) is 0 Å². The second kappa shape index (κ2) is 20.6. The summed E-state index contributed by atoms with van der Waals surface area (Å²) in [7, 11) is 0. The van der Waals surface area contributed by atoms with Crippen molar-refractivity contribution in [3.63, 3.8) is 0 Å². The summed E-state index contributed by atoms with van der Waals surface area (Å²) in [4.78, 5) is 0. The van der Waals surface area contributed by atoms with Gasteiger partial charge in [-0.05, 0) is 29.2 Å². The Hall–Kier alpha value is 0.720. The predicted molar refractivity (Wildman–Crippen MR) is 202 cm³/mol. The molecule has 2 atom stereocenters. The van der Waals surface area contributed by atoms with Crippen LogP contribution in [0.1, 0.15) is 29.2 Å². The van der Waals surface area contributed by atoms with E-state index in [-0.39, 0.29) is 0 Å². The van der Waals surface area contributed by atoms with E-state index in [0.717, 1.165) is 16.1 Å². The molecule has 39 heavy (non-hydrogen) atoms. The molecule has 0 spiro atoms. The van der Waals surface area contributed by atoms with Gasteiger partial charge < -0.3 is 0 Å². The molecule has 2 unspecified atom stereocenters. The molecule has 1 heterocycles. The van der Waals surface area contributed by atoms with E-state index in [0.29, 0.717) is 4.08 Å².